The molecule has 6 nitrogen and oxygen atoms in total. The summed E-state index contributed by atoms with van der Waals surface area (Å²) in [5.41, 5.74) is 6.84. The second-order valence-electron chi connectivity index (χ2n) is 5.01. The highest BCUT2D eigenvalue weighted by Crippen LogP contribution is 2.31. The second-order valence-corrected chi connectivity index (χ2v) is 5.01. The first-order chi connectivity index (χ1) is 11.2. The quantitative estimate of drug-likeness (QED) is 0.752. The van der Waals surface area contributed by atoms with Gasteiger partial charge >= 0.3 is 0 Å². The Morgan fingerprint density at radius 3 is 2.65 bits per heavy atom. The number of nitrogens with one attached hydrogen (secondary N) is 1. The van der Waals surface area contributed by atoms with E-state index in [1.165, 1.54) is 0 Å². The van der Waals surface area contributed by atoms with Gasteiger partial charge < -0.3 is 20.2 Å². The van der Waals surface area contributed by atoms with E-state index in [4.69, 9.17) is 15.2 Å². The number of nitrogens with two attached hydrogens (primary N) is 1. The van der Waals surface area contributed by atoms with Crippen molar-refractivity contribution in [2.24, 2.45) is 5.73 Å². The second kappa shape index (κ2) is 6.50. The third kappa shape index (κ3) is 3.17. The van der Waals surface area contributed by atoms with Crippen LogP contribution in [0.5, 0.6) is 11.5 Å². The first-order valence-electron chi connectivity index (χ1n) is 7.19. The van der Waals surface area contributed by atoms with Crippen LogP contribution in [-0.2, 0) is 13.2 Å². The zero-order valence-electron chi connectivity index (χ0n) is 12.7. The highest BCUT2D eigenvalue weighted by Gasteiger charge is 2.11. The summed E-state index contributed by atoms with van der Waals surface area (Å²) in [5, 5.41) is 0.436. The lowest BCUT2D eigenvalue weighted by atomic mass is 10.2. The van der Waals surface area contributed by atoms with Crippen LogP contribution in [0.15, 0.2) is 47.3 Å². The Morgan fingerprint density at radius 1 is 1.17 bits per heavy atom. The first-order valence-corrected chi connectivity index (χ1v) is 7.19. The van der Waals surface area contributed by atoms with Crippen LogP contribution in [0.3, 0.4) is 0 Å². The van der Waals surface area contributed by atoms with Gasteiger partial charge in [0.25, 0.3) is 5.56 Å². The molecule has 0 atom stereocenters. The van der Waals surface area contributed by atoms with Gasteiger partial charge in [0, 0.05) is 6.07 Å². The summed E-state index contributed by atoms with van der Waals surface area (Å²) in [5.74, 6) is 1.45. The van der Waals surface area contributed by atoms with Crippen LogP contribution < -0.4 is 20.8 Å². The molecular formula is C17H17N3O3. The van der Waals surface area contributed by atoms with Gasteiger partial charge in [-0.3, -0.25) is 4.79 Å². The number of benzene rings is 2. The van der Waals surface area contributed by atoms with Gasteiger partial charge in [0.1, 0.15) is 12.4 Å². The van der Waals surface area contributed by atoms with Gasteiger partial charge in [0.15, 0.2) is 11.5 Å². The minimum Gasteiger partial charge on any atom is -0.493 e. The summed E-state index contributed by atoms with van der Waals surface area (Å²) in [4.78, 5) is 19.1. The van der Waals surface area contributed by atoms with Crippen LogP contribution in [0.1, 0.15) is 11.4 Å². The van der Waals surface area contributed by atoms with Gasteiger partial charge in [-0.25, -0.2) is 4.98 Å². The molecule has 0 saturated heterocycles. The van der Waals surface area contributed by atoms with Crippen molar-refractivity contribution >= 4 is 10.9 Å². The van der Waals surface area contributed by atoms with Gasteiger partial charge in [-0.15, -0.1) is 0 Å². The number of hydrogen-bond acceptors (Lipinski definition) is 5. The third-order valence-electron chi connectivity index (χ3n) is 3.47. The molecule has 0 aliphatic heterocycles. The molecule has 0 aliphatic carbocycles. The third-order valence-corrected chi connectivity index (χ3v) is 3.47. The molecule has 23 heavy (non-hydrogen) atoms. The maximum atomic E-state index is 12.1. The lowest BCUT2D eigenvalue weighted by Crippen LogP contribution is -2.14. The van der Waals surface area contributed by atoms with Gasteiger partial charge in [-0.05, 0) is 11.6 Å². The van der Waals surface area contributed by atoms with E-state index in [-0.39, 0.29) is 12.1 Å². The molecule has 1 heterocycles. The number of rotatable bonds is 5. The molecule has 3 N–H and O–H groups in total. The molecule has 1 aromatic heterocycles. The van der Waals surface area contributed by atoms with Gasteiger partial charge in [0.2, 0.25) is 0 Å². The fraction of sp³-hybridized carbons (Fsp3) is 0.176. The van der Waals surface area contributed by atoms with Crippen molar-refractivity contribution in [1.29, 1.82) is 0 Å². The molecule has 3 aromatic rings. The lowest BCUT2D eigenvalue weighted by molar-refractivity contribution is 0.285. The number of H-pyrrole nitrogens is 1. The summed E-state index contributed by atoms with van der Waals surface area (Å²) < 4.78 is 11.2. The topological polar surface area (TPSA) is 90.2 Å². The van der Waals surface area contributed by atoms with Crippen molar-refractivity contribution in [3.05, 3.63) is 64.2 Å². The number of nitrogens with zero attached hydrogens (tertiary/aromatic N) is 1. The Kier molecular flexibility index (Phi) is 4.25. The van der Waals surface area contributed by atoms with Crippen molar-refractivity contribution in [3.63, 3.8) is 0 Å². The fourth-order valence-corrected chi connectivity index (χ4v) is 2.30. The summed E-state index contributed by atoms with van der Waals surface area (Å²) in [7, 11) is 1.55. The van der Waals surface area contributed by atoms with Crippen LogP contribution in [0.25, 0.3) is 10.9 Å². The lowest BCUT2D eigenvalue weighted by Gasteiger charge is -2.12. The van der Waals surface area contributed by atoms with Gasteiger partial charge in [-0.1, -0.05) is 30.3 Å². The predicted octanol–water partition coefficient (Wildman–Crippen LogP) is 1.97. The predicted molar refractivity (Wildman–Crippen MR) is 87.6 cm³/mol. The van der Waals surface area contributed by atoms with Crippen LogP contribution in [0.4, 0.5) is 0 Å². The SMILES string of the molecule is COc1cc2nc(CN)[nH]c(=O)c2cc1OCc1ccccc1. The molecule has 0 radical (unpaired) electrons. The van der Waals surface area contributed by atoms with Crippen LogP contribution in [-0.4, -0.2) is 17.1 Å². The molecule has 118 valence electrons. The molecular weight excluding hydrogens is 294 g/mol. The first kappa shape index (κ1) is 15.1. The van der Waals surface area contributed by atoms with E-state index in [2.05, 4.69) is 9.97 Å². The molecule has 3 rings (SSSR count). The van der Waals surface area contributed by atoms with Crippen molar-refractivity contribution in [2.75, 3.05) is 7.11 Å². The summed E-state index contributed by atoms with van der Waals surface area (Å²) >= 11 is 0. The monoisotopic (exact) mass is 311 g/mol. The van der Waals surface area contributed by atoms with Crippen molar-refractivity contribution in [2.45, 2.75) is 13.2 Å². The molecule has 0 fully saturated rings. The highest BCUT2D eigenvalue weighted by molar-refractivity contribution is 5.81. The van der Waals surface area contributed by atoms with E-state index in [1.54, 1.807) is 19.2 Å². The van der Waals surface area contributed by atoms with Crippen LogP contribution in [0, 0.1) is 0 Å². The van der Waals surface area contributed by atoms with Crippen molar-refractivity contribution in [1.82, 2.24) is 9.97 Å². The maximum Gasteiger partial charge on any atom is 0.258 e. The Balaban J connectivity index is 1.99. The van der Waals surface area contributed by atoms with E-state index in [1.807, 2.05) is 30.3 Å². The summed E-state index contributed by atoms with van der Waals surface area (Å²) in [6, 6.07) is 13.1. The van der Waals surface area contributed by atoms with E-state index in [0.717, 1.165) is 5.56 Å². The van der Waals surface area contributed by atoms with E-state index < -0.39 is 0 Å². The van der Waals surface area contributed by atoms with E-state index in [0.29, 0.717) is 34.8 Å². The molecule has 2 aromatic carbocycles. The van der Waals surface area contributed by atoms with Gasteiger partial charge in [-0.2, -0.15) is 0 Å². The Hall–Kier alpha value is -2.86. The minimum atomic E-state index is -0.248. The van der Waals surface area contributed by atoms with Crippen molar-refractivity contribution < 1.29 is 9.47 Å². The molecule has 0 unspecified atom stereocenters. The molecule has 0 aliphatic rings. The Morgan fingerprint density at radius 2 is 1.96 bits per heavy atom. The standard InChI is InChI=1S/C17H17N3O3/c1-22-14-8-13-12(17(21)20-16(9-18)19-13)7-15(14)23-10-11-5-3-2-4-6-11/h2-8H,9-10,18H2,1H3,(H,19,20,21). The highest BCUT2D eigenvalue weighted by atomic mass is 16.5. The molecule has 0 bridgehead atoms. The average Bonchev–Trinajstić information content (AvgIpc) is 2.60. The van der Waals surface area contributed by atoms with E-state index >= 15 is 0 Å². The number of aromatic nitrogens is 2. The molecule has 0 amide bonds. The van der Waals surface area contributed by atoms with E-state index in [9.17, 15) is 4.79 Å². The molecule has 6 heteroatoms. The summed E-state index contributed by atoms with van der Waals surface area (Å²) in [6.45, 7) is 0.550. The summed E-state index contributed by atoms with van der Waals surface area (Å²) in [6.07, 6.45) is 0. The normalized spacial score (nSPS) is 10.7. The number of aromatic amines is 1. The Labute approximate surface area is 132 Å². The number of ether oxygens (including phenoxy) is 2. The Bertz CT molecular complexity index is 875. The van der Waals surface area contributed by atoms with Crippen molar-refractivity contribution in [3.8, 4) is 11.5 Å². The zero-order valence-corrected chi connectivity index (χ0v) is 12.7. The van der Waals surface area contributed by atoms with Crippen LogP contribution in [0.2, 0.25) is 0 Å². The van der Waals surface area contributed by atoms with Crippen LogP contribution >= 0.6 is 0 Å². The molecule has 0 spiro atoms. The fourth-order valence-electron chi connectivity index (χ4n) is 2.30. The molecule has 0 saturated carbocycles. The smallest absolute Gasteiger partial charge is 0.258 e. The van der Waals surface area contributed by atoms with Gasteiger partial charge in [0.05, 0.1) is 24.6 Å². The maximum absolute atomic E-state index is 12.1. The number of fused-ring (bicyclic) bond motifs is 1. The largest absolute Gasteiger partial charge is 0.493 e. The minimum absolute atomic E-state index is 0.166. The number of methoxy groups -OCH3 is 1. The number of hydrogen-bond donors (Lipinski definition) is 2. The zero-order chi connectivity index (χ0) is 16.2. The average molecular weight is 311 g/mol.